The first-order valence-electron chi connectivity index (χ1n) is 10.1. The van der Waals surface area contributed by atoms with Crippen molar-refractivity contribution in [2.75, 3.05) is 29.6 Å². The maximum atomic E-state index is 12.3. The van der Waals surface area contributed by atoms with Crippen LogP contribution < -0.4 is 5.32 Å². The molecule has 0 fully saturated rings. The van der Waals surface area contributed by atoms with E-state index in [0.717, 1.165) is 23.9 Å². The zero-order valence-electron chi connectivity index (χ0n) is 19.0. The molecule has 1 N–H and O–H groups in total. The number of aryl methyl sites for hydroxylation is 1. The van der Waals surface area contributed by atoms with Crippen molar-refractivity contribution < 1.29 is 13.2 Å². The molecule has 0 bridgehead atoms. The molecule has 0 saturated heterocycles. The summed E-state index contributed by atoms with van der Waals surface area (Å²) in [6, 6.07) is 0. The highest BCUT2D eigenvalue weighted by Gasteiger charge is 2.26. The molecule has 0 aliphatic rings. The molecule has 1 heterocycles. The molecule has 1 rings (SSSR count). The molecule has 9 heteroatoms. The highest BCUT2D eigenvalue weighted by molar-refractivity contribution is 7.99. The number of anilines is 1. The van der Waals surface area contributed by atoms with E-state index < -0.39 is 12.6 Å². The van der Waals surface area contributed by atoms with Crippen molar-refractivity contribution in [3.8, 4) is 0 Å². The molecule has 29 heavy (non-hydrogen) atoms. The fourth-order valence-electron chi connectivity index (χ4n) is 1.72. The second-order valence-electron chi connectivity index (χ2n) is 5.59. The van der Waals surface area contributed by atoms with Gasteiger partial charge < -0.3 is 5.32 Å². The molecule has 0 aliphatic carbocycles. The van der Waals surface area contributed by atoms with Crippen LogP contribution in [0.15, 0.2) is 10.1 Å². The van der Waals surface area contributed by atoms with Gasteiger partial charge in [0.1, 0.15) is 5.69 Å². The van der Waals surface area contributed by atoms with Gasteiger partial charge in [-0.25, -0.2) is 9.97 Å². The monoisotopic (exact) mass is 454 g/mol. The minimum absolute atomic E-state index is 0.0946. The number of alkyl halides is 3. The number of nitrogens with one attached hydrogen (secondary N) is 1. The number of nitrogens with zero attached hydrogens (tertiary/aromatic N) is 3. The number of halogens is 3. The van der Waals surface area contributed by atoms with E-state index in [0.29, 0.717) is 34.8 Å². The molecule has 0 amide bonds. The van der Waals surface area contributed by atoms with E-state index in [1.807, 2.05) is 40.2 Å². The molecule has 1 aromatic heterocycles. The molecule has 0 aromatic carbocycles. The molecular formula is C20H37F3N4S2. The Balaban J connectivity index is 0. The summed E-state index contributed by atoms with van der Waals surface area (Å²) in [6.07, 6.45) is -0.176. The average molecular weight is 455 g/mol. The first-order chi connectivity index (χ1) is 13.8. The van der Waals surface area contributed by atoms with Gasteiger partial charge in [0, 0.05) is 24.3 Å². The number of hydrogen-bond acceptors (Lipinski definition) is 6. The maximum Gasteiger partial charge on any atom is 0.389 e. The summed E-state index contributed by atoms with van der Waals surface area (Å²) >= 11 is 2.71. The van der Waals surface area contributed by atoms with Crippen LogP contribution in [0.1, 0.15) is 60.1 Å². The smallest absolute Gasteiger partial charge is 0.367 e. The molecule has 4 nitrogen and oxygen atoms in total. The van der Waals surface area contributed by atoms with Crippen molar-refractivity contribution in [1.82, 2.24) is 9.97 Å². The van der Waals surface area contributed by atoms with Gasteiger partial charge in [-0.3, -0.25) is 4.99 Å². The van der Waals surface area contributed by atoms with Gasteiger partial charge >= 0.3 is 6.18 Å². The highest BCUT2D eigenvalue weighted by atomic mass is 32.2. The van der Waals surface area contributed by atoms with Crippen molar-refractivity contribution in [2.24, 2.45) is 10.9 Å². The Morgan fingerprint density at radius 3 is 2.28 bits per heavy atom. The van der Waals surface area contributed by atoms with Gasteiger partial charge in [0.2, 0.25) is 0 Å². The molecule has 1 atom stereocenters. The Morgan fingerprint density at radius 2 is 1.76 bits per heavy atom. The number of hydrogen-bond donors (Lipinski definition) is 1. The summed E-state index contributed by atoms with van der Waals surface area (Å²) in [5, 5.41) is 3.57. The Hall–Kier alpha value is -0.960. The Morgan fingerprint density at radius 1 is 1.14 bits per heavy atom. The largest absolute Gasteiger partial charge is 0.389 e. The van der Waals surface area contributed by atoms with E-state index in [1.165, 1.54) is 0 Å². The van der Waals surface area contributed by atoms with Gasteiger partial charge in [0.25, 0.3) is 0 Å². The Bertz CT molecular complexity index is 567. The quantitative estimate of drug-likeness (QED) is 0.173. The first-order valence-corrected chi connectivity index (χ1v) is 12.5. The number of rotatable bonds is 10. The third kappa shape index (κ3) is 14.6. The number of aliphatic imine (C=N–C) groups is 1. The lowest BCUT2D eigenvalue weighted by Gasteiger charge is -2.12. The van der Waals surface area contributed by atoms with Gasteiger partial charge in [-0.1, -0.05) is 53.3 Å². The lowest BCUT2D eigenvalue weighted by atomic mass is 10.1. The van der Waals surface area contributed by atoms with Gasteiger partial charge in [-0.2, -0.15) is 24.9 Å². The van der Waals surface area contributed by atoms with Gasteiger partial charge in [-0.15, -0.1) is 0 Å². The zero-order valence-corrected chi connectivity index (χ0v) is 20.6. The van der Waals surface area contributed by atoms with Gasteiger partial charge in [0.05, 0.1) is 12.1 Å². The van der Waals surface area contributed by atoms with E-state index in [-0.39, 0.29) is 5.75 Å². The lowest BCUT2D eigenvalue weighted by Crippen LogP contribution is -2.10. The Labute approximate surface area is 183 Å². The summed E-state index contributed by atoms with van der Waals surface area (Å²) in [5.41, 5.74) is 1.32. The first kappa shape index (κ1) is 30.2. The van der Waals surface area contributed by atoms with Crippen molar-refractivity contribution in [1.29, 1.82) is 0 Å². The van der Waals surface area contributed by atoms with E-state index in [9.17, 15) is 13.2 Å². The molecule has 0 radical (unpaired) electrons. The second-order valence-corrected chi connectivity index (χ2v) is 7.63. The topological polar surface area (TPSA) is 50.2 Å². The third-order valence-electron chi connectivity index (χ3n) is 3.36. The van der Waals surface area contributed by atoms with Crippen LogP contribution >= 0.6 is 23.5 Å². The minimum atomic E-state index is -4.16. The van der Waals surface area contributed by atoms with E-state index in [2.05, 4.69) is 34.1 Å². The fraction of sp³-hybridized carbons (Fsp3) is 0.750. The standard InChI is InChI=1S/C16H25F3N4S2.2C2H6/c1-5-11(2)10-21-13-12(3)22-15(25-8-6-16(17,18)19)23-14(13)20-7-9-24-4;2*1-2/h10-11H,5-9H2,1-4H3,(H,20,22,23);2*1-2H3. The third-order valence-corrected chi connectivity index (χ3v) is 4.82. The van der Waals surface area contributed by atoms with Crippen molar-refractivity contribution in [3.63, 3.8) is 0 Å². The van der Waals surface area contributed by atoms with Crippen LogP contribution in [-0.4, -0.2) is 46.7 Å². The zero-order chi connectivity index (χ0) is 22.9. The lowest BCUT2D eigenvalue weighted by molar-refractivity contribution is -0.129. The van der Waals surface area contributed by atoms with Crippen LogP contribution in [0, 0.1) is 12.8 Å². The Kier molecular flexibility index (Phi) is 18.6. The highest BCUT2D eigenvalue weighted by Crippen LogP contribution is 2.30. The van der Waals surface area contributed by atoms with Crippen LogP contribution in [0.4, 0.5) is 24.7 Å². The fourth-order valence-corrected chi connectivity index (χ4v) is 2.90. The van der Waals surface area contributed by atoms with Crippen LogP contribution in [0.5, 0.6) is 0 Å². The maximum absolute atomic E-state index is 12.3. The van der Waals surface area contributed by atoms with Crippen LogP contribution in [0.2, 0.25) is 0 Å². The molecule has 0 aliphatic heterocycles. The van der Waals surface area contributed by atoms with Crippen LogP contribution in [0.25, 0.3) is 0 Å². The molecular weight excluding hydrogens is 417 g/mol. The molecule has 1 unspecified atom stereocenters. The van der Waals surface area contributed by atoms with Gasteiger partial charge in [-0.05, 0) is 25.5 Å². The van der Waals surface area contributed by atoms with Gasteiger partial charge in [0.15, 0.2) is 11.0 Å². The molecule has 170 valence electrons. The molecule has 1 aromatic rings. The SMILES string of the molecule is CC.CC.CCC(C)C=Nc1c(C)nc(SCCC(F)(F)F)nc1NCCSC. The summed E-state index contributed by atoms with van der Waals surface area (Å²) < 4.78 is 36.9. The van der Waals surface area contributed by atoms with Crippen LogP contribution in [-0.2, 0) is 0 Å². The number of thioether (sulfide) groups is 2. The predicted octanol–water partition coefficient (Wildman–Crippen LogP) is 7.41. The van der Waals surface area contributed by atoms with E-state index >= 15 is 0 Å². The van der Waals surface area contributed by atoms with Crippen molar-refractivity contribution >= 4 is 41.2 Å². The van der Waals surface area contributed by atoms with E-state index in [1.54, 1.807) is 18.7 Å². The second kappa shape index (κ2) is 17.9. The summed E-state index contributed by atoms with van der Waals surface area (Å²) in [7, 11) is 0. The average Bonchev–Trinajstić information content (AvgIpc) is 2.69. The summed E-state index contributed by atoms with van der Waals surface area (Å²) in [4.78, 5) is 13.2. The minimum Gasteiger partial charge on any atom is -0.367 e. The number of aromatic nitrogens is 2. The van der Waals surface area contributed by atoms with Crippen molar-refractivity contribution in [3.05, 3.63) is 5.69 Å². The van der Waals surface area contributed by atoms with Crippen LogP contribution in [0.3, 0.4) is 0 Å². The molecule has 0 saturated carbocycles. The van der Waals surface area contributed by atoms with Crippen molar-refractivity contribution in [2.45, 2.75) is 72.6 Å². The summed E-state index contributed by atoms with van der Waals surface area (Å²) in [5.74, 6) is 1.71. The molecule has 0 spiro atoms. The van der Waals surface area contributed by atoms with E-state index in [4.69, 9.17) is 0 Å². The normalized spacial score (nSPS) is 12.0. The summed E-state index contributed by atoms with van der Waals surface area (Å²) in [6.45, 7) is 14.7. The predicted molar refractivity (Wildman–Crippen MR) is 125 cm³/mol.